The summed E-state index contributed by atoms with van der Waals surface area (Å²) in [4.78, 5) is 39.8. The Morgan fingerprint density at radius 2 is 1.89 bits per heavy atom. The first-order chi connectivity index (χ1) is 17.3. The number of fused-ring (bicyclic) bond motifs is 3. The number of rotatable bonds is 7. The minimum absolute atomic E-state index is 0.0139. The summed E-state index contributed by atoms with van der Waals surface area (Å²) in [6.07, 6.45) is 1.20. The maximum Gasteiger partial charge on any atom is 0.323 e. The van der Waals surface area contributed by atoms with E-state index in [1.165, 1.54) is 6.92 Å². The van der Waals surface area contributed by atoms with Gasteiger partial charge in [0.25, 0.3) is 0 Å². The summed E-state index contributed by atoms with van der Waals surface area (Å²) in [6, 6.07) is -0.537. The fraction of sp³-hybridized carbons (Fsp3) is 0.828. The highest BCUT2D eigenvalue weighted by Crippen LogP contribution is 2.72. The van der Waals surface area contributed by atoms with Crippen LogP contribution in [0.25, 0.3) is 0 Å². The number of esters is 2. The van der Waals surface area contributed by atoms with Crippen LogP contribution in [-0.2, 0) is 28.6 Å². The molecule has 4 aliphatic rings. The number of carbonyl (C=O) groups excluding carboxylic acids is 3. The van der Waals surface area contributed by atoms with Crippen molar-refractivity contribution in [3.05, 3.63) is 12.2 Å². The molecule has 4 fully saturated rings. The van der Waals surface area contributed by atoms with E-state index in [0.29, 0.717) is 18.4 Å². The van der Waals surface area contributed by atoms with Crippen LogP contribution in [0.1, 0.15) is 66.7 Å². The minimum atomic E-state index is -1.29. The lowest BCUT2D eigenvalue weighted by Crippen LogP contribution is -2.72. The van der Waals surface area contributed by atoms with Crippen LogP contribution in [0.15, 0.2) is 12.2 Å². The van der Waals surface area contributed by atoms with E-state index >= 15 is 0 Å². The van der Waals surface area contributed by atoms with Crippen LogP contribution >= 0.6 is 0 Å². The topological polar surface area (TPSA) is 111 Å². The first-order valence-corrected chi connectivity index (χ1v) is 13.7. The summed E-state index contributed by atoms with van der Waals surface area (Å²) in [7, 11) is 3.32. The predicted octanol–water partition coefficient (Wildman–Crippen LogP) is 3.06. The van der Waals surface area contributed by atoms with E-state index in [2.05, 4.69) is 25.7 Å². The third-order valence-corrected chi connectivity index (χ3v) is 10.4. The third-order valence-electron chi connectivity index (χ3n) is 10.4. The fourth-order valence-corrected chi connectivity index (χ4v) is 9.00. The Labute approximate surface area is 220 Å². The molecule has 0 aromatic heterocycles. The number of likely N-dealkylation sites (N-methyl/N-ethyl adjacent to an activating group) is 1. The van der Waals surface area contributed by atoms with E-state index in [9.17, 15) is 19.5 Å². The molecule has 0 aliphatic heterocycles. The van der Waals surface area contributed by atoms with E-state index < -0.39 is 53.0 Å². The van der Waals surface area contributed by atoms with Gasteiger partial charge in [-0.3, -0.25) is 14.4 Å². The van der Waals surface area contributed by atoms with Gasteiger partial charge in [-0.2, -0.15) is 0 Å². The van der Waals surface area contributed by atoms with Gasteiger partial charge in [0.05, 0.1) is 18.8 Å². The van der Waals surface area contributed by atoms with Crippen molar-refractivity contribution in [1.82, 2.24) is 5.32 Å². The summed E-state index contributed by atoms with van der Waals surface area (Å²) in [5.41, 5.74) is -1.67. The zero-order valence-corrected chi connectivity index (χ0v) is 23.5. The molecular weight excluding hydrogens is 474 g/mol. The number of nitrogens with one attached hydrogen (secondary N) is 1. The zero-order chi connectivity index (χ0) is 27.5. The second-order valence-corrected chi connectivity index (χ2v) is 12.9. The number of aliphatic hydroxyl groups is 1. The minimum Gasteiger partial charge on any atom is -0.465 e. The number of ketones is 1. The SMILES string of the molecule is C=C1C(=O)[C@]23[C@H](OC(=O)[C@@H](NC)C(C)C)[C@H]1C[C@H](O)[C@H]2[C@]1(COC(C)=O)CCCC(C)(C)[C@H]1C[C@H]3OC. The summed E-state index contributed by atoms with van der Waals surface area (Å²) < 4.78 is 18.1. The van der Waals surface area contributed by atoms with Crippen LogP contribution in [0.4, 0.5) is 0 Å². The van der Waals surface area contributed by atoms with Gasteiger partial charge in [0, 0.05) is 31.3 Å². The fourth-order valence-electron chi connectivity index (χ4n) is 9.00. The molecule has 2 bridgehead atoms. The summed E-state index contributed by atoms with van der Waals surface area (Å²) in [5.74, 6) is -2.04. The molecule has 0 radical (unpaired) electrons. The summed E-state index contributed by atoms with van der Waals surface area (Å²) in [5, 5.41) is 14.9. The number of hydrogen-bond acceptors (Lipinski definition) is 8. The lowest BCUT2D eigenvalue weighted by atomic mass is 9.39. The standard InChI is InChI=1S/C29H45NO7/c1-15(2)22(30-7)26(34)37-25-18-12-19(32)23-28(14-36-17(4)31)11-9-10-27(5,6)20(28)13-21(35-8)29(23,25)24(33)16(18)3/h15,18-23,25,30,32H,3,9-14H2,1-2,4-8H3/t18-,19-,20+,21+,22-,23-,25+,28-,29+/m0/s1. The highest BCUT2D eigenvalue weighted by Gasteiger charge is 2.78. The smallest absolute Gasteiger partial charge is 0.323 e. The highest BCUT2D eigenvalue weighted by molar-refractivity contribution is 6.05. The van der Waals surface area contributed by atoms with Gasteiger partial charge >= 0.3 is 11.9 Å². The number of aliphatic hydroxyl groups excluding tert-OH is 1. The lowest BCUT2D eigenvalue weighted by Gasteiger charge is -2.67. The van der Waals surface area contributed by atoms with E-state index in [-0.39, 0.29) is 42.0 Å². The Kier molecular flexibility index (Phi) is 7.45. The van der Waals surface area contributed by atoms with Gasteiger partial charge in [-0.15, -0.1) is 0 Å². The van der Waals surface area contributed by atoms with Crippen LogP contribution in [-0.4, -0.2) is 67.9 Å². The van der Waals surface area contributed by atoms with Crippen molar-refractivity contribution >= 4 is 17.7 Å². The molecule has 37 heavy (non-hydrogen) atoms. The number of hydrogen-bond donors (Lipinski definition) is 2. The Hall–Kier alpha value is -1.77. The molecule has 0 heterocycles. The van der Waals surface area contributed by atoms with Crippen LogP contribution in [0.2, 0.25) is 0 Å². The molecule has 0 aromatic carbocycles. The van der Waals surface area contributed by atoms with Crippen molar-refractivity contribution in [2.24, 2.45) is 39.9 Å². The number of ether oxygens (including phenoxy) is 3. The van der Waals surface area contributed by atoms with Gasteiger partial charge < -0.3 is 24.6 Å². The van der Waals surface area contributed by atoms with Crippen molar-refractivity contribution in [2.45, 2.75) is 91.1 Å². The Morgan fingerprint density at radius 3 is 2.46 bits per heavy atom. The van der Waals surface area contributed by atoms with Gasteiger partial charge in [0.2, 0.25) is 0 Å². The van der Waals surface area contributed by atoms with Crippen LogP contribution in [0.3, 0.4) is 0 Å². The highest BCUT2D eigenvalue weighted by atomic mass is 16.6. The van der Waals surface area contributed by atoms with Crippen molar-refractivity contribution in [2.75, 3.05) is 20.8 Å². The quantitative estimate of drug-likeness (QED) is 0.390. The average molecular weight is 520 g/mol. The maximum atomic E-state index is 14.3. The number of Topliss-reactive ketones (excluding diaryl/α,β-unsaturated/α-hetero) is 1. The van der Waals surface area contributed by atoms with E-state index in [1.54, 1.807) is 14.2 Å². The zero-order valence-electron chi connectivity index (χ0n) is 23.5. The lowest BCUT2D eigenvalue weighted by molar-refractivity contribution is -0.272. The normalized spacial score (nSPS) is 41.1. The molecule has 4 saturated carbocycles. The molecule has 1 spiro atoms. The van der Waals surface area contributed by atoms with Gasteiger partial charge in [0.15, 0.2) is 5.78 Å². The Bertz CT molecular complexity index is 960. The van der Waals surface area contributed by atoms with Crippen molar-refractivity contribution in [3.8, 4) is 0 Å². The molecule has 2 N–H and O–H groups in total. The number of methoxy groups -OCH3 is 1. The van der Waals surface area contributed by atoms with Gasteiger partial charge in [-0.25, -0.2) is 0 Å². The van der Waals surface area contributed by atoms with Crippen molar-refractivity contribution in [1.29, 1.82) is 0 Å². The molecule has 4 rings (SSSR count). The van der Waals surface area contributed by atoms with Crippen LogP contribution in [0, 0.1) is 39.9 Å². The molecule has 9 atom stereocenters. The summed E-state index contributed by atoms with van der Waals surface area (Å²) in [6.45, 7) is 14.0. The van der Waals surface area contributed by atoms with Crippen molar-refractivity contribution in [3.63, 3.8) is 0 Å². The van der Waals surface area contributed by atoms with Crippen molar-refractivity contribution < 1.29 is 33.7 Å². The Morgan fingerprint density at radius 1 is 1.22 bits per heavy atom. The first-order valence-electron chi connectivity index (χ1n) is 13.7. The monoisotopic (exact) mass is 519 g/mol. The molecule has 0 saturated heterocycles. The average Bonchev–Trinajstić information content (AvgIpc) is 2.94. The molecule has 208 valence electrons. The largest absolute Gasteiger partial charge is 0.465 e. The molecule has 4 aliphatic carbocycles. The summed E-state index contributed by atoms with van der Waals surface area (Å²) >= 11 is 0. The third kappa shape index (κ3) is 4.00. The molecule has 0 aromatic rings. The predicted molar refractivity (Wildman–Crippen MR) is 137 cm³/mol. The molecular formula is C29H45NO7. The van der Waals surface area contributed by atoms with Gasteiger partial charge in [-0.1, -0.05) is 40.7 Å². The van der Waals surface area contributed by atoms with Gasteiger partial charge in [-0.05, 0) is 55.6 Å². The van der Waals surface area contributed by atoms with Gasteiger partial charge in [0.1, 0.15) is 17.6 Å². The second-order valence-electron chi connectivity index (χ2n) is 12.9. The van der Waals surface area contributed by atoms with E-state index in [0.717, 1.165) is 12.8 Å². The van der Waals surface area contributed by atoms with Crippen LogP contribution in [0.5, 0.6) is 0 Å². The number of carbonyl (C=O) groups is 3. The second kappa shape index (κ2) is 9.76. The first kappa shape index (κ1) is 28.2. The molecule has 8 heteroatoms. The van der Waals surface area contributed by atoms with E-state index in [4.69, 9.17) is 14.2 Å². The van der Waals surface area contributed by atoms with E-state index in [1.807, 2.05) is 13.8 Å². The maximum absolute atomic E-state index is 14.3. The van der Waals surface area contributed by atoms with Crippen LogP contribution < -0.4 is 5.32 Å². The molecule has 0 amide bonds. The Balaban J connectivity index is 1.91. The molecule has 0 unspecified atom stereocenters. The molecule has 8 nitrogen and oxygen atoms in total.